The molecule has 0 unspecified atom stereocenters. The molecule has 0 saturated carbocycles. The standard InChI is InChI=1S/C14H19NO4/c1-5-18-12-8-7-10(13(16)15(3)4)9-11(12)14(17)19-6-2/h7-9H,5-6H2,1-4H3. The SMILES string of the molecule is CCOC(=O)c1cc(C(=O)N(C)C)ccc1OCC. The van der Waals surface area contributed by atoms with Crippen LogP contribution in [0, 0.1) is 0 Å². The van der Waals surface area contributed by atoms with Crippen LogP contribution in [-0.4, -0.2) is 44.1 Å². The van der Waals surface area contributed by atoms with Crippen LogP contribution in [0.25, 0.3) is 0 Å². The van der Waals surface area contributed by atoms with Crippen molar-refractivity contribution in [3.8, 4) is 5.75 Å². The molecule has 0 saturated heterocycles. The summed E-state index contributed by atoms with van der Waals surface area (Å²) in [6.45, 7) is 4.27. The molecule has 0 atom stereocenters. The summed E-state index contributed by atoms with van der Waals surface area (Å²) in [6.07, 6.45) is 0. The van der Waals surface area contributed by atoms with Crippen molar-refractivity contribution in [2.45, 2.75) is 13.8 Å². The average Bonchev–Trinajstić information content (AvgIpc) is 2.38. The number of ether oxygens (including phenoxy) is 2. The molecule has 0 aromatic heterocycles. The lowest BCUT2D eigenvalue weighted by atomic mass is 10.1. The summed E-state index contributed by atoms with van der Waals surface area (Å²) in [5, 5.41) is 0. The summed E-state index contributed by atoms with van der Waals surface area (Å²) in [5.74, 6) is -0.232. The summed E-state index contributed by atoms with van der Waals surface area (Å²) >= 11 is 0. The Morgan fingerprint density at radius 1 is 1.16 bits per heavy atom. The highest BCUT2D eigenvalue weighted by Crippen LogP contribution is 2.22. The summed E-state index contributed by atoms with van der Waals surface area (Å²) in [4.78, 5) is 25.2. The highest BCUT2D eigenvalue weighted by molar-refractivity contribution is 5.99. The fourth-order valence-corrected chi connectivity index (χ4v) is 1.57. The monoisotopic (exact) mass is 265 g/mol. The van der Waals surface area contributed by atoms with Gasteiger partial charge in [-0.1, -0.05) is 0 Å². The Bertz CT molecular complexity index is 469. The lowest BCUT2D eigenvalue weighted by Gasteiger charge is -2.13. The summed E-state index contributed by atoms with van der Waals surface area (Å²) in [5.41, 5.74) is 0.702. The second kappa shape index (κ2) is 6.78. The van der Waals surface area contributed by atoms with Gasteiger partial charge in [-0.25, -0.2) is 4.79 Å². The number of esters is 1. The van der Waals surface area contributed by atoms with Crippen LogP contribution in [0.5, 0.6) is 5.75 Å². The van der Waals surface area contributed by atoms with E-state index in [-0.39, 0.29) is 18.1 Å². The fraction of sp³-hybridized carbons (Fsp3) is 0.429. The first-order chi connectivity index (χ1) is 9.01. The molecule has 0 bridgehead atoms. The zero-order valence-electron chi connectivity index (χ0n) is 11.7. The van der Waals surface area contributed by atoms with E-state index in [1.165, 1.54) is 11.0 Å². The van der Waals surface area contributed by atoms with Crippen molar-refractivity contribution in [2.75, 3.05) is 27.3 Å². The maximum Gasteiger partial charge on any atom is 0.341 e. The highest BCUT2D eigenvalue weighted by Gasteiger charge is 2.17. The van der Waals surface area contributed by atoms with Crippen LogP contribution in [0.15, 0.2) is 18.2 Å². The van der Waals surface area contributed by atoms with E-state index in [1.54, 1.807) is 33.2 Å². The lowest BCUT2D eigenvalue weighted by molar-refractivity contribution is 0.0522. The molecule has 0 fully saturated rings. The lowest BCUT2D eigenvalue weighted by Crippen LogP contribution is -2.22. The van der Waals surface area contributed by atoms with Gasteiger partial charge >= 0.3 is 5.97 Å². The van der Waals surface area contributed by atoms with Gasteiger partial charge in [-0.15, -0.1) is 0 Å². The first-order valence-corrected chi connectivity index (χ1v) is 6.16. The maximum absolute atomic E-state index is 11.9. The molecular formula is C14H19NO4. The first kappa shape index (κ1) is 15.0. The van der Waals surface area contributed by atoms with Gasteiger partial charge in [-0.2, -0.15) is 0 Å². The number of carbonyl (C=O) groups is 2. The number of nitrogens with zero attached hydrogens (tertiary/aromatic N) is 1. The second-order valence-corrected chi connectivity index (χ2v) is 4.06. The van der Waals surface area contributed by atoms with E-state index in [4.69, 9.17) is 9.47 Å². The Morgan fingerprint density at radius 2 is 1.84 bits per heavy atom. The van der Waals surface area contributed by atoms with Crippen LogP contribution in [0.1, 0.15) is 34.6 Å². The van der Waals surface area contributed by atoms with Gasteiger partial charge in [0.25, 0.3) is 5.91 Å². The van der Waals surface area contributed by atoms with Crippen LogP contribution < -0.4 is 4.74 Å². The van der Waals surface area contributed by atoms with Crippen LogP contribution >= 0.6 is 0 Å². The number of hydrogen-bond acceptors (Lipinski definition) is 4. The van der Waals surface area contributed by atoms with E-state index in [9.17, 15) is 9.59 Å². The van der Waals surface area contributed by atoms with E-state index < -0.39 is 5.97 Å². The summed E-state index contributed by atoms with van der Waals surface area (Å²) < 4.78 is 10.3. The Kier molecular flexibility index (Phi) is 5.36. The number of carbonyl (C=O) groups excluding carboxylic acids is 2. The van der Waals surface area contributed by atoms with Crippen LogP contribution in [0.3, 0.4) is 0 Å². The van der Waals surface area contributed by atoms with Gasteiger partial charge in [-0.3, -0.25) is 4.79 Å². The molecule has 104 valence electrons. The largest absolute Gasteiger partial charge is 0.493 e. The maximum atomic E-state index is 11.9. The van der Waals surface area contributed by atoms with E-state index >= 15 is 0 Å². The fourth-order valence-electron chi connectivity index (χ4n) is 1.57. The Labute approximate surface area is 113 Å². The van der Waals surface area contributed by atoms with Crippen molar-refractivity contribution in [2.24, 2.45) is 0 Å². The Hall–Kier alpha value is -2.04. The minimum absolute atomic E-state index is 0.173. The quantitative estimate of drug-likeness (QED) is 0.764. The van der Waals surface area contributed by atoms with Gasteiger partial charge in [0.15, 0.2) is 0 Å². The molecule has 1 aromatic carbocycles. The Morgan fingerprint density at radius 3 is 2.37 bits per heavy atom. The molecule has 0 aliphatic carbocycles. The topological polar surface area (TPSA) is 55.8 Å². The predicted octanol–water partition coefficient (Wildman–Crippen LogP) is 1.96. The number of rotatable bonds is 5. The second-order valence-electron chi connectivity index (χ2n) is 4.06. The molecule has 0 spiro atoms. The van der Waals surface area contributed by atoms with E-state index in [0.717, 1.165) is 0 Å². The van der Waals surface area contributed by atoms with Crippen LogP contribution in [-0.2, 0) is 4.74 Å². The zero-order valence-corrected chi connectivity index (χ0v) is 11.7. The molecule has 5 nitrogen and oxygen atoms in total. The van der Waals surface area contributed by atoms with Crippen LogP contribution in [0.2, 0.25) is 0 Å². The third-order valence-corrected chi connectivity index (χ3v) is 2.43. The summed E-state index contributed by atoms with van der Waals surface area (Å²) in [6, 6.07) is 4.76. The molecule has 19 heavy (non-hydrogen) atoms. The molecule has 1 rings (SSSR count). The van der Waals surface area contributed by atoms with Gasteiger partial charge in [0.05, 0.1) is 13.2 Å². The van der Waals surface area contributed by atoms with Gasteiger partial charge in [0.1, 0.15) is 11.3 Å². The highest BCUT2D eigenvalue weighted by atomic mass is 16.5. The molecule has 0 radical (unpaired) electrons. The molecule has 0 aliphatic rings. The van der Waals surface area contributed by atoms with Gasteiger partial charge < -0.3 is 14.4 Å². The molecule has 1 aromatic rings. The van der Waals surface area contributed by atoms with Crippen molar-refractivity contribution >= 4 is 11.9 Å². The van der Waals surface area contributed by atoms with Crippen molar-refractivity contribution < 1.29 is 19.1 Å². The zero-order chi connectivity index (χ0) is 14.4. The van der Waals surface area contributed by atoms with E-state index in [2.05, 4.69) is 0 Å². The molecule has 0 aliphatic heterocycles. The predicted molar refractivity (Wildman–Crippen MR) is 71.6 cm³/mol. The minimum Gasteiger partial charge on any atom is -0.493 e. The molecule has 5 heteroatoms. The van der Waals surface area contributed by atoms with Gasteiger partial charge in [-0.05, 0) is 32.0 Å². The minimum atomic E-state index is -0.487. The molecule has 0 heterocycles. The van der Waals surface area contributed by atoms with Crippen LogP contribution in [0.4, 0.5) is 0 Å². The third-order valence-electron chi connectivity index (χ3n) is 2.43. The number of hydrogen-bond donors (Lipinski definition) is 0. The van der Waals surface area contributed by atoms with Crippen molar-refractivity contribution in [3.05, 3.63) is 29.3 Å². The normalized spacial score (nSPS) is 9.89. The Balaban J connectivity index is 3.17. The average molecular weight is 265 g/mol. The van der Waals surface area contributed by atoms with Crippen molar-refractivity contribution in [1.82, 2.24) is 4.90 Å². The van der Waals surface area contributed by atoms with Gasteiger partial charge in [0, 0.05) is 19.7 Å². The van der Waals surface area contributed by atoms with Gasteiger partial charge in [0.2, 0.25) is 0 Å². The third kappa shape index (κ3) is 3.71. The summed E-state index contributed by atoms with van der Waals surface area (Å²) in [7, 11) is 3.31. The smallest absolute Gasteiger partial charge is 0.341 e. The van der Waals surface area contributed by atoms with Crippen molar-refractivity contribution in [3.63, 3.8) is 0 Å². The molecule has 0 N–H and O–H groups in total. The van der Waals surface area contributed by atoms with E-state index in [1.807, 2.05) is 6.92 Å². The first-order valence-electron chi connectivity index (χ1n) is 6.16. The number of amides is 1. The van der Waals surface area contributed by atoms with E-state index in [0.29, 0.717) is 17.9 Å². The molecular weight excluding hydrogens is 246 g/mol. The van der Waals surface area contributed by atoms with Crippen molar-refractivity contribution in [1.29, 1.82) is 0 Å². The number of benzene rings is 1. The molecule has 1 amide bonds.